The van der Waals surface area contributed by atoms with Gasteiger partial charge in [0, 0.05) is 12.8 Å². The van der Waals surface area contributed by atoms with Crippen LogP contribution in [0.4, 0.5) is 0 Å². The number of amides is 1. The molecule has 0 aliphatic carbocycles. The van der Waals surface area contributed by atoms with Crippen molar-refractivity contribution in [1.29, 1.82) is 0 Å². The van der Waals surface area contributed by atoms with Gasteiger partial charge in [-0.3, -0.25) is 9.59 Å². The van der Waals surface area contributed by atoms with Crippen molar-refractivity contribution in [3.8, 4) is 0 Å². The summed E-state index contributed by atoms with van der Waals surface area (Å²) >= 11 is 0. The first kappa shape index (κ1) is 63.1. The second-order valence-corrected chi connectivity index (χ2v) is 19.6. The van der Waals surface area contributed by atoms with Gasteiger partial charge >= 0.3 is 5.97 Å². The zero-order chi connectivity index (χ0) is 47.2. The quantitative estimate of drug-likeness (QED) is 0.0321. The molecule has 6 nitrogen and oxygen atoms in total. The largest absolute Gasteiger partial charge is 0.466 e. The number of ether oxygens (including phenoxy) is 1. The molecule has 2 unspecified atom stereocenters. The monoisotopic (exact) mass is 914 g/mol. The van der Waals surface area contributed by atoms with Gasteiger partial charge in [-0.1, -0.05) is 237 Å². The molecule has 0 heterocycles. The van der Waals surface area contributed by atoms with E-state index in [2.05, 4.69) is 55.6 Å². The van der Waals surface area contributed by atoms with Gasteiger partial charge in [-0.2, -0.15) is 0 Å². The highest BCUT2D eigenvalue weighted by atomic mass is 16.5. The highest BCUT2D eigenvalue weighted by Crippen LogP contribution is 2.17. The lowest BCUT2D eigenvalue weighted by Crippen LogP contribution is -2.45. The molecule has 0 aliphatic heterocycles. The molecule has 1 amide bonds. The Hall–Kier alpha value is -1.92. The van der Waals surface area contributed by atoms with Crippen molar-refractivity contribution in [2.75, 3.05) is 13.2 Å². The van der Waals surface area contributed by atoms with Gasteiger partial charge in [-0.25, -0.2) is 0 Å². The second kappa shape index (κ2) is 54.7. The molecule has 0 fully saturated rings. The van der Waals surface area contributed by atoms with Crippen LogP contribution in [0.25, 0.3) is 0 Å². The third kappa shape index (κ3) is 51.3. The topological polar surface area (TPSA) is 95.9 Å². The summed E-state index contributed by atoms with van der Waals surface area (Å²) in [7, 11) is 0. The van der Waals surface area contributed by atoms with Crippen LogP contribution in [-0.2, 0) is 14.3 Å². The molecule has 0 radical (unpaired) electrons. The average Bonchev–Trinajstić information content (AvgIpc) is 3.31. The Morgan fingerprint density at radius 1 is 0.431 bits per heavy atom. The van der Waals surface area contributed by atoms with Gasteiger partial charge < -0.3 is 20.3 Å². The molecule has 0 spiro atoms. The zero-order valence-electron chi connectivity index (χ0n) is 43.5. The predicted octanol–water partition coefficient (Wildman–Crippen LogP) is 17.6. The minimum atomic E-state index is -0.682. The van der Waals surface area contributed by atoms with Crippen LogP contribution in [0.5, 0.6) is 0 Å². The number of aliphatic hydroxyl groups is 2. The summed E-state index contributed by atoms with van der Waals surface area (Å²) in [4.78, 5) is 24.5. The normalized spacial score (nSPS) is 12.9. The maximum Gasteiger partial charge on any atom is 0.305 e. The third-order valence-corrected chi connectivity index (χ3v) is 13.2. The van der Waals surface area contributed by atoms with E-state index in [1.807, 2.05) is 0 Å². The SMILES string of the molecule is CCCCCC/C=C\C/C=C\CCCCCCCC(=O)OCCCCC/C=C\CCCCCCCC(=O)NC(CO)C(O)CCCCCCCCCCCCCCCCCCCCCC. The zero-order valence-corrected chi connectivity index (χ0v) is 43.5. The van der Waals surface area contributed by atoms with Crippen molar-refractivity contribution < 1.29 is 24.5 Å². The molecule has 2 atom stereocenters. The first-order valence-electron chi connectivity index (χ1n) is 28.7. The first-order valence-corrected chi connectivity index (χ1v) is 28.7. The van der Waals surface area contributed by atoms with Crippen molar-refractivity contribution in [1.82, 2.24) is 5.32 Å². The Labute approximate surface area is 404 Å². The smallest absolute Gasteiger partial charge is 0.305 e. The Morgan fingerprint density at radius 2 is 0.769 bits per heavy atom. The summed E-state index contributed by atoms with van der Waals surface area (Å²) in [6.07, 6.45) is 67.0. The third-order valence-electron chi connectivity index (χ3n) is 13.2. The number of unbranched alkanes of at least 4 members (excludes halogenated alkanes) is 36. The number of carbonyl (C=O) groups excluding carboxylic acids is 2. The molecule has 0 aromatic heterocycles. The average molecular weight is 915 g/mol. The van der Waals surface area contributed by atoms with E-state index in [0.29, 0.717) is 25.9 Å². The fraction of sp³-hybridized carbons (Fsp3) is 0.864. The highest BCUT2D eigenvalue weighted by Gasteiger charge is 2.20. The van der Waals surface area contributed by atoms with E-state index >= 15 is 0 Å². The lowest BCUT2D eigenvalue weighted by atomic mass is 10.0. The first-order chi connectivity index (χ1) is 32.0. The van der Waals surface area contributed by atoms with E-state index in [1.165, 1.54) is 180 Å². The van der Waals surface area contributed by atoms with Gasteiger partial charge in [0.25, 0.3) is 0 Å². The Morgan fingerprint density at radius 3 is 1.20 bits per heavy atom. The maximum atomic E-state index is 12.5. The number of hydrogen-bond donors (Lipinski definition) is 3. The van der Waals surface area contributed by atoms with Crippen LogP contribution < -0.4 is 5.32 Å². The molecule has 6 heteroatoms. The lowest BCUT2D eigenvalue weighted by molar-refractivity contribution is -0.143. The Kier molecular flexibility index (Phi) is 53.1. The standard InChI is InChI=1S/C59H111NO5/c1-3-5-7-9-11-13-15-17-19-21-22-23-24-25-27-31-35-39-43-47-51-57(62)56(55-61)60-58(63)52-48-44-40-36-32-29-30-34-38-42-46-50-54-65-59(64)53-49-45-41-37-33-28-26-20-18-16-14-12-10-8-6-4-2/h14,16,20,26,30,34,56-57,61-62H,3-13,15,17-19,21-25,27-29,31-33,35-55H2,1-2H3,(H,60,63)/b16-14-,26-20-,34-30-. The predicted molar refractivity (Wildman–Crippen MR) is 283 cm³/mol. The lowest BCUT2D eigenvalue weighted by Gasteiger charge is -2.22. The van der Waals surface area contributed by atoms with Gasteiger partial charge in [0.05, 0.1) is 25.4 Å². The van der Waals surface area contributed by atoms with Crippen LogP contribution in [0.1, 0.15) is 303 Å². The van der Waals surface area contributed by atoms with Crippen molar-refractivity contribution in [3.63, 3.8) is 0 Å². The summed E-state index contributed by atoms with van der Waals surface area (Å²) in [6, 6.07) is -0.562. The Balaban J connectivity index is 3.51. The van der Waals surface area contributed by atoms with Crippen LogP contribution in [-0.4, -0.2) is 47.4 Å². The Bertz CT molecular complexity index is 1060. The van der Waals surface area contributed by atoms with Crippen molar-refractivity contribution in [2.24, 2.45) is 0 Å². The number of aliphatic hydroxyl groups excluding tert-OH is 2. The number of nitrogens with one attached hydrogen (secondary N) is 1. The van der Waals surface area contributed by atoms with E-state index in [1.54, 1.807) is 0 Å². The molecule has 0 bridgehead atoms. The second-order valence-electron chi connectivity index (χ2n) is 19.6. The van der Waals surface area contributed by atoms with Crippen LogP contribution in [0.2, 0.25) is 0 Å². The van der Waals surface area contributed by atoms with Crippen LogP contribution in [0.15, 0.2) is 36.5 Å². The highest BCUT2D eigenvalue weighted by molar-refractivity contribution is 5.76. The van der Waals surface area contributed by atoms with E-state index < -0.39 is 12.1 Å². The molecular weight excluding hydrogens is 803 g/mol. The molecule has 0 saturated heterocycles. The summed E-state index contributed by atoms with van der Waals surface area (Å²) in [5, 5.41) is 23.3. The van der Waals surface area contributed by atoms with Crippen LogP contribution in [0.3, 0.4) is 0 Å². The summed E-state index contributed by atoms with van der Waals surface area (Å²) in [6.45, 7) is 4.88. The van der Waals surface area contributed by atoms with Crippen molar-refractivity contribution >= 4 is 11.9 Å². The van der Waals surface area contributed by atoms with Gasteiger partial charge in [-0.15, -0.1) is 0 Å². The van der Waals surface area contributed by atoms with Gasteiger partial charge in [0.15, 0.2) is 0 Å². The van der Waals surface area contributed by atoms with Crippen LogP contribution in [0, 0.1) is 0 Å². The summed E-state index contributed by atoms with van der Waals surface area (Å²) in [5.41, 5.74) is 0. The molecule has 382 valence electrons. The summed E-state index contributed by atoms with van der Waals surface area (Å²) < 4.78 is 5.45. The van der Waals surface area contributed by atoms with E-state index in [-0.39, 0.29) is 18.5 Å². The molecule has 0 aromatic rings. The minimum absolute atomic E-state index is 0.0359. The fourth-order valence-electron chi connectivity index (χ4n) is 8.72. The van der Waals surface area contributed by atoms with Crippen molar-refractivity contribution in [2.45, 2.75) is 315 Å². The maximum absolute atomic E-state index is 12.5. The van der Waals surface area contributed by atoms with Gasteiger partial charge in [-0.05, 0) is 89.9 Å². The summed E-state index contributed by atoms with van der Waals surface area (Å²) in [5.74, 6) is -0.0958. The van der Waals surface area contributed by atoms with E-state index in [4.69, 9.17) is 4.74 Å². The number of carbonyl (C=O) groups is 2. The minimum Gasteiger partial charge on any atom is -0.466 e. The fourth-order valence-corrected chi connectivity index (χ4v) is 8.72. The number of esters is 1. The van der Waals surface area contributed by atoms with Gasteiger partial charge in [0.2, 0.25) is 5.91 Å². The molecule has 0 aliphatic rings. The number of rotatable bonds is 53. The molecule has 3 N–H and O–H groups in total. The molecule has 0 saturated carbocycles. The van der Waals surface area contributed by atoms with E-state index in [9.17, 15) is 19.8 Å². The molecular formula is C59H111NO5. The van der Waals surface area contributed by atoms with Crippen LogP contribution >= 0.6 is 0 Å². The van der Waals surface area contributed by atoms with Gasteiger partial charge in [0.1, 0.15) is 0 Å². The molecule has 0 aromatic carbocycles. The number of allylic oxidation sites excluding steroid dienone is 6. The van der Waals surface area contributed by atoms with Crippen molar-refractivity contribution in [3.05, 3.63) is 36.5 Å². The van der Waals surface area contributed by atoms with E-state index in [0.717, 1.165) is 89.9 Å². The molecule has 65 heavy (non-hydrogen) atoms. The molecule has 0 rings (SSSR count). The number of hydrogen-bond acceptors (Lipinski definition) is 5.